The second-order valence-corrected chi connectivity index (χ2v) is 7.12. The van der Waals surface area contributed by atoms with Crippen LogP contribution in [0.4, 0.5) is 0 Å². The second kappa shape index (κ2) is 6.80. The van der Waals surface area contributed by atoms with E-state index < -0.39 is 6.04 Å². The zero-order valence-corrected chi connectivity index (χ0v) is 16.0. The Kier molecular flexibility index (Phi) is 4.43. The Labute approximate surface area is 162 Å². The number of aryl methyl sites for hydroxylation is 2. The average molecular weight is 379 g/mol. The maximum absolute atomic E-state index is 13.4. The quantitative estimate of drug-likeness (QED) is 0.752. The van der Waals surface area contributed by atoms with Crippen molar-refractivity contribution in [3.8, 4) is 5.75 Å². The van der Waals surface area contributed by atoms with E-state index in [4.69, 9.17) is 9.15 Å². The number of nitrogens with zero attached hydrogens (tertiary/aromatic N) is 1. The summed E-state index contributed by atoms with van der Waals surface area (Å²) in [5.41, 5.74) is 2.94. The van der Waals surface area contributed by atoms with Crippen LogP contribution in [-0.2, 0) is 4.74 Å². The number of hydrogen-bond donors (Lipinski definition) is 1. The van der Waals surface area contributed by atoms with Crippen LogP contribution < -0.4 is 5.43 Å². The van der Waals surface area contributed by atoms with Crippen LogP contribution in [0.1, 0.15) is 38.9 Å². The molecule has 0 saturated heterocycles. The van der Waals surface area contributed by atoms with Gasteiger partial charge in [0.05, 0.1) is 23.6 Å². The molecule has 1 N–H and O–H groups in total. The normalized spacial score (nSPS) is 16.0. The van der Waals surface area contributed by atoms with Crippen LogP contribution in [0.15, 0.2) is 45.6 Å². The number of carbonyl (C=O) groups is 1. The molecule has 4 rings (SSSR count). The van der Waals surface area contributed by atoms with E-state index in [0.29, 0.717) is 35.2 Å². The topological polar surface area (TPSA) is 80.0 Å². The molecule has 0 unspecified atom stereocenters. The summed E-state index contributed by atoms with van der Waals surface area (Å²) in [7, 11) is 1.56. The minimum absolute atomic E-state index is 0.0638. The van der Waals surface area contributed by atoms with Gasteiger partial charge in [-0.15, -0.1) is 0 Å². The zero-order chi connectivity index (χ0) is 20.0. The standard InChI is InChI=1S/C22H21NO5/c1-12-9-13(2)20-16(10-12)19(25)17-18(14-5-4-6-15(24)11-14)23(7-8-27-3)22(26)21(17)28-20/h4-6,9-11,18,24H,7-8H2,1-3H3/t18-/m1/s1. The molecular weight excluding hydrogens is 358 g/mol. The van der Waals surface area contributed by atoms with E-state index in [0.717, 1.165) is 11.1 Å². The maximum Gasteiger partial charge on any atom is 0.290 e. The average Bonchev–Trinajstić information content (AvgIpc) is 2.93. The first-order valence-electron chi connectivity index (χ1n) is 9.09. The SMILES string of the molecule is COCCN1C(=O)c2oc3c(C)cc(C)cc3c(=O)c2[C@H]1c1cccc(O)c1. The Morgan fingerprint density at radius 1 is 1.18 bits per heavy atom. The number of benzene rings is 2. The third-order valence-corrected chi connectivity index (χ3v) is 5.12. The third kappa shape index (κ3) is 2.77. The van der Waals surface area contributed by atoms with E-state index in [1.54, 1.807) is 42.3 Å². The number of hydrogen-bond acceptors (Lipinski definition) is 5. The van der Waals surface area contributed by atoms with Crippen molar-refractivity contribution < 1.29 is 19.1 Å². The number of amides is 1. The van der Waals surface area contributed by atoms with Gasteiger partial charge in [0, 0.05) is 13.7 Å². The summed E-state index contributed by atoms with van der Waals surface area (Å²) in [6, 6.07) is 9.68. The van der Waals surface area contributed by atoms with Crippen molar-refractivity contribution in [2.75, 3.05) is 20.3 Å². The molecule has 0 saturated carbocycles. The molecule has 2 aromatic carbocycles. The lowest BCUT2D eigenvalue weighted by atomic mass is 9.97. The van der Waals surface area contributed by atoms with Gasteiger partial charge in [-0.3, -0.25) is 9.59 Å². The minimum atomic E-state index is -0.633. The zero-order valence-electron chi connectivity index (χ0n) is 16.0. The summed E-state index contributed by atoms with van der Waals surface area (Å²) in [5, 5.41) is 10.4. The van der Waals surface area contributed by atoms with Crippen LogP contribution in [0.3, 0.4) is 0 Å². The molecule has 1 aliphatic heterocycles. The Balaban J connectivity index is 2.01. The molecule has 1 aromatic heterocycles. The highest BCUT2D eigenvalue weighted by molar-refractivity contribution is 5.99. The summed E-state index contributed by atoms with van der Waals surface area (Å²) in [5.74, 6) is -0.213. The smallest absolute Gasteiger partial charge is 0.290 e. The Hall–Kier alpha value is -3.12. The molecule has 3 aromatic rings. The van der Waals surface area contributed by atoms with E-state index in [-0.39, 0.29) is 22.8 Å². The Morgan fingerprint density at radius 3 is 2.68 bits per heavy atom. The van der Waals surface area contributed by atoms with Crippen molar-refractivity contribution in [1.82, 2.24) is 4.90 Å². The first kappa shape index (κ1) is 18.3. The summed E-state index contributed by atoms with van der Waals surface area (Å²) < 4.78 is 11.1. The van der Waals surface area contributed by atoms with E-state index in [1.807, 2.05) is 19.9 Å². The minimum Gasteiger partial charge on any atom is -0.508 e. The predicted octanol–water partition coefficient (Wildman–Crippen LogP) is 3.31. The highest BCUT2D eigenvalue weighted by atomic mass is 16.5. The molecule has 1 amide bonds. The molecule has 1 aliphatic rings. The number of carbonyl (C=O) groups excluding carboxylic acids is 1. The highest BCUT2D eigenvalue weighted by Crippen LogP contribution is 2.39. The maximum atomic E-state index is 13.4. The Bertz CT molecular complexity index is 1150. The lowest BCUT2D eigenvalue weighted by Crippen LogP contribution is -2.32. The van der Waals surface area contributed by atoms with Crippen molar-refractivity contribution in [2.24, 2.45) is 0 Å². The molecule has 1 atom stereocenters. The van der Waals surface area contributed by atoms with Crippen molar-refractivity contribution in [3.05, 3.63) is 74.6 Å². The van der Waals surface area contributed by atoms with Crippen molar-refractivity contribution in [2.45, 2.75) is 19.9 Å². The lowest BCUT2D eigenvalue weighted by Gasteiger charge is -2.24. The van der Waals surface area contributed by atoms with Crippen molar-refractivity contribution in [1.29, 1.82) is 0 Å². The number of fused-ring (bicyclic) bond motifs is 2. The number of phenolic OH excluding ortho intramolecular Hbond substituents is 1. The largest absolute Gasteiger partial charge is 0.508 e. The van der Waals surface area contributed by atoms with Crippen LogP contribution in [0.2, 0.25) is 0 Å². The predicted molar refractivity (Wildman–Crippen MR) is 105 cm³/mol. The summed E-state index contributed by atoms with van der Waals surface area (Å²) in [6.45, 7) is 4.40. The number of methoxy groups -OCH3 is 1. The molecule has 0 spiro atoms. The van der Waals surface area contributed by atoms with Crippen LogP contribution in [0, 0.1) is 13.8 Å². The summed E-state index contributed by atoms with van der Waals surface area (Å²) in [4.78, 5) is 28.1. The molecule has 0 bridgehead atoms. The van der Waals surface area contributed by atoms with Gasteiger partial charge in [0.1, 0.15) is 11.3 Å². The second-order valence-electron chi connectivity index (χ2n) is 7.12. The van der Waals surface area contributed by atoms with Crippen LogP contribution in [0.25, 0.3) is 11.0 Å². The van der Waals surface area contributed by atoms with Crippen molar-refractivity contribution >= 4 is 16.9 Å². The lowest BCUT2D eigenvalue weighted by molar-refractivity contribution is 0.0663. The summed E-state index contributed by atoms with van der Waals surface area (Å²) >= 11 is 0. The van der Waals surface area contributed by atoms with Gasteiger partial charge in [-0.1, -0.05) is 18.2 Å². The molecule has 0 aliphatic carbocycles. The molecule has 144 valence electrons. The highest BCUT2D eigenvalue weighted by Gasteiger charge is 2.42. The van der Waals surface area contributed by atoms with Gasteiger partial charge in [-0.25, -0.2) is 0 Å². The monoisotopic (exact) mass is 379 g/mol. The van der Waals surface area contributed by atoms with Gasteiger partial charge in [-0.05, 0) is 48.7 Å². The van der Waals surface area contributed by atoms with Gasteiger partial charge in [0.25, 0.3) is 5.91 Å². The van der Waals surface area contributed by atoms with E-state index in [2.05, 4.69) is 0 Å². The van der Waals surface area contributed by atoms with Gasteiger partial charge in [0.2, 0.25) is 5.76 Å². The fourth-order valence-electron chi connectivity index (χ4n) is 3.94. The van der Waals surface area contributed by atoms with Gasteiger partial charge >= 0.3 is 0 Å². The molecular formula is C22H21NO5. The van der Waals surface area contributed by atoms with Crippen LogP contribution in [0.5, 0.6) is 5.75 Å². The van der Waals surface area contributed by atoms with E-state index >= 15 is 0 Å². The molecule has 2 heterocycles. The van der Waals surface area contributed by atoms with Crippen molar-refractivity contribution in [3.63, 3.8) is 0 Å². The molecule has 28 heavy (non-hydrogen) atoms. The molecule has 0 radical (unpaired) electrons. The number of rotatable bonds is 4. The van der Waals surface area contributed by atoms with Gasteiger partial charge in [0.15, 0.2) is 5.43 Å². The number of aromatic hydroxyl groups is 1. The number of ether oxygens (including phenoxy) is 1. The van der Waals surface area contributed by atoms with Crippen LogP contribution in [-0.4, -0.2) is 36.2 Å². The van der Waals surface area contributed by atoms with E-state index in [9.17, 15) is 14.7 Å². The molecule has 0 fully saturated rings. The fourth-order valence-corrected chi connectivity index (χ4v) is 3.94. The van der Waals surface area contributed by atoms with Crippen LogP contribution >= 0.6 is 0 Å². The molecule has 6 nitrogen and oxygen atoms in total. The summed E-state index contributed by atoms with van der Waals surface area (Å²) in [6.07, 6.45) is 0. The van der Waals surface area contributed by atoms with Gasteiger partial charge in [-0.2, -0.15) is 0 Å². The molecule has 6 heteroatoms. The first-order chi connectivity index (χ1) is 13.4. The fraction of sp³-hybridized carbons (Fsp3) is 0.273. The number of phenols is 1. The van der Waals surface area contributed by atoms with Gasteiger partial charge < -0.3 is 19.2 Å². The third-order valence-electron chi connectivity index (χ3n) is 5.12. The Morgan fingerprint density at radius 2 is 1.96 bits per heavy atom. The first-order valence-corrected chi connectivity index (χ1v) is 9.09. The van der Waals surface area contributed by atoms with E-state index in [1.165, 1.54) is 0 Å².